The Kier molecular flexibility index (Phi) is 5.21. The third-order valence-electron chi connectivity index (χ3n) is 4.82. The molecule has 3 aromatic rings. The molecule has 0 saturated heterocycles. The standard InChI is InChI=1S/C22H25N3O/c1-4-9-19-21(18-12-6-5-10-15(18)2)20(22(23)26)16(3)25(19)14-17-11-7-8-13-24-17/h5-8,10-13H,4,9,14H2,1-3H3,(H2,23,26). The van der Waals surface area contributed by atoms with Crippen LogP contribution in [0.2, 0.25) is 0 Å². The second-order valence-electron chi connectivity index (χ2n) is 6.62. The molecule has 4 nitrogen and oxygen atoms in total. The molecule has 0 bridgehead atoms. The van der Waals surface area contributed by atoms with Crippen LogP contribution in [-0.2, 0) is 13.0 Å². The van der Waals surface area contributed by atoms with Crippen LogP contribution in [0.4, 0.5) is 0 Å². The Hall–Kier alpha value is -2.88. The average Bonchev–Trinajstić information content (AvgIpc) is 2.89. The molecule has 2 heterocycles. The Morgan fingerprint density at radius 3 is 2.46 bits per heavy atom. The van der Waals surface area contributed by atoms with Crippen molar-refractivity contribution in [2.45, 2.75) is 40.2 Å². The van der Waals surface area contributed by atoms with Crippen LogP contribution in [0.5, 0.6) is 0 Å². The number of nitrogens with zero attached hydrogens (tertiary/aromatic N) is 2. The van der Waals surface area contributed by atoms with Crippen molar-refractivity contribution in [1.82, 2.24) is 9.55 Å². The minimum Gasteiger partial charge on any atom is -0.366 e. The predicted molar refractivity (Wildman–Crippen MR) is 105 cm³/mol. The highest BCUT2D eigenvalue weighted by Crippen LogP contribution is 2.35. The molecule has 4 heteroatoms. The lowest BCUT2D eigenvalue weighted by Gasteiger charge is -2.13. The molecule has 0 aliphatic carbocycles. The van der Waals surface area contributed by atoms with Gasteiger partial charge in [-0.15, -0.1) is 0 Å². The highest BCUT2D eigenvalue weighted by Gasteiger charge is 2.25. The molecule has 0 aliphatic rings. The smallest absolute Gasteiger partial charge is 0.251 e. The molecule has 0 atom stereocenters. The maximum absolute atomic E-state index is 12.3. The fourth-order valence-electron chi connectivity index (χ4n) is 3.61. The Morgan fingerprint density at radius 1 is 1.12 bits per heavy atom. The van der Waals surface area contributed by atoms with Gasteiger partial charge in [-0.05, 0) is 43.5 Å². The van der Waals surface area contributed by atoms with E-state index in [-0.39, 0.29) is 5.91 Å². The molecule has 0 unspecified atom stereocenters. The SMILES string of the molecule is CCCc1c(-c2ccccc2C)c(C(N)=O)c(C)n1Cc1ccccn1. The molecule has 0 spiro atoms. The zero-order chi connectivity index (χ0) is 18.7. The van der Waals surface area contributed by atoms with E-state index in [9.17, 15) is 4.79 Å². The summed E-state index contributed by atoms with van der Waals surface area (Å²) in [7, 11) is 0. The summed E-state index contributed by atoms with van der Waals surface area (Å²) >= 11 is 0. The van der Waals surface area contributed by atoms with Crippen molar-refractivity contribution in [2.75, 3.05) is 0 Å². The highest BCUT2D eigenvalue weighted by atomic mass is 16.1. The van der Waals surface area contributed by atoms with E-state index in [0.717, 1.165) is 46.6 Å². The number of nitrogens with two attached hydrogens (primary N) is 1. The van der Waals surface area contributed by atoms with Gasteiger partial charge < -0.3 is 10.3 Å². The van der Waals surface area contributed by atoms with E-state index >= 15 is 0 Å². The predicted octanol–water partition coefficient (Wildman–Crippen LogP) is 4.27. The normalized spacial score (nSPS) is 10.9. The summed E-state index contributed by atoms with van der Waals surface area (Å²) in [5.74, 6) is -0.377. The summed E-state index contributed by atoms with van der Waals surface area (Å²) < 4.78 is 2.20. The minimum atomic E-state index is -0.377. The maximum Gasteiger partial charge on any atom is 0.251 e. The van der Waals surface area contributed by atoms with E-state index in [2.05, 4.69) is 35.5 Å². The second-order valence-corrected chi connectivity index (χ2v) is 6.62. The summed E-state index contributed by atoms with van der Waals surface area (Å²) in [6.07, 6.45) is 3.66. The van der Waals surface area contributed by atoms with Crippen molar-refractivity contribution in [2.24, 2.45) is 5.73 Å². The van der Waals surface area contributed by atoms with Crippen LogP contribution < -0.4 is 5.73 Å². The quantitative estimate of drug-likeness (QED) is 0.724. The fourth-order valence-corrected chi connectivity index (χ4v) is 3.61. The minimum absolute atomic E-state index is 0.377. The lowest BCUT2D eigenvalue weighted by atomic mass is 9.94. The molecule has 0 saturated carbocycles. The number of rotatable bonds is 6. The van der Waals surface area contributed by atoms with Gasteiger partial charge in [-0.3, -0.25) is 9.78 Å². The van der Waals surface area contributed by atoms with E-state index in [1.165, 1.54) is 0 Å². The second kappa shape index (κ2) is 7.56. The van der Waals surface area contributed by atoms with Crippen LogP contribution in [0.3, 0.4) is 0 Å². The Balaban J connectivity index is 2.27. The van der Waals surface area contributed by atoms with Crippen molar-refractivity contribution in [3.63, 3.8) is 0 Å². The molecule has 2 N–H and O–H groups in total. The Bertz CT molecular complexity index is 926. The first-order valence-corrected chi connectivity index (χ1v) is 9.02. The van der Waals surface area contributed by atoms with Crippen molar-refractivity contribution in [1.29, 1.82) is 0 Å². The van der Waals surface area contributed by atoms with Gasteiger partial charge in [0.2, 0.25) is 0 Å². The molecular formula is C22H25N3O. The number of aromatic nitrogens is 2. The molecule has 26 heavy (non-hydrogen) atoms. The number of hydrogen-bond acceptors (Lipinski definition) is 2. The molecule has 1 aromatic carbocycles. The van der Waals surface area contributed by atoms with Crippen LogP contribution in [0.25, 0.3) is 11.1 Å². The van der Waals surface area contributed by atoms with Gasteiger partial charge >= 0.3 is 0 Å². The van der Waals surface area contributed by atoms with Gasteiger partial charge in [-0.2, -0.15) is 0 Å². The topological polar surface area (TPSA) is 60.9 Å². The highest BCUT2D eigenvalue weighted by molar-refractivity contribution is 6.02. The molecule has 3 rings (SSSR count). The molecule has 0 fully saturated rings. The van der Waals surface area contributed by atoms with Crippen LogP contribution in [0.15, 0.2) is 48.7 Å². The lowest BCUT2D eigenvalue weighted by Crippen LogP contribution is -2.14. The van der Waals surface area contributed by atoms with Crippen LogP contribution in [0.1, 0.15) is 46.3 Å². The molecule has 2 aromatic heterocycles. The van der Waals surface area contributed by atoms with Crippen LogP contribution >= 0.6 is 0 Å². The van der Waals surface area contributed by atoms with Crippen LogP contribution in [-0.4, -0.2) is 15.5 Å². The number of benzene rings is 1. The lowest BCUT2D eigenvalue weighted by molar-refractivity contribution is 0.1000. The first-order valence-electron chi connectivity index (χ1n) is 9.02. The van der Waals surface area contributed by atoms with E-state index in [1.54, 1.807) is 6.20 Å². The summed E-state index contributed by atoms with van der Waals surface area (Å²) in [6.45, 7) is 6.83. The average molecular weight is 347 g/mol. The monoisotopic (exact) mass is 347 g/mol. The van der Waals surface area contributed by atoms with Gasteiger partial charge in [0.25, 0.3) is 5.91 Å². The number of pyridine rings is 1. The van der Waals surface area contributed by atoms with E-state index < -0.39 is 0 Å². The van der Waals surface area contributed by atoms with E-state index in [1.807, 2.05) is 37.3 Å². The van der Waals surface area contributed by atoms with Crippen molar-refractivity contribution in [3.05, 3.63) is 76.9 Å². The Labute approximate surface area is 154 Å². The van der Waals surface area contributed by atoms with Gasteiger partial charge in [0.05, 0.1) is 17.8 Å². The van der Waals surface area contributed by atoms with E-state index in [0.29, 0.717) is 12.1 Å². The van der Waals surface area contributed by atoms with Crippen molar-refractivity contribution in [3.8, 4) is 11.1 Å². The fraction of sp³-hybridized carbons (Fsp3) is 0.273. The third-order valence-corrected chi connectivity index (χ3v) is 4.82. The molecule has 0 aliphatic heterocycles. The molecular weight excluding hydrogens is 322 g/mol. The number of hydrogen-bond donors (Lipinski definition) is 1. The number of aryl methyl sites for hydroxylation is 1. The maximum atomic E-state index is 12.3. The number of amides is 1. The number of carbonyl (C=O) groups is 1. The van der Waals surface area contributed by atoms with Gasteiger partial charge in [0.1, 0.15) is 0 Å². The molecule has 0 radical (unpaired) electrons. The number of primary amides is 1. The first-order chi connectivity index (χ1) is 12.5. The van der Waals surface area contributed by atoms with Gasteiger partial charge in [-0.25, -0.2) is 0 Å². The summed E-state index contributed by atoms with van der Waals surface area (Å²) in [4.78, 5) is 16.8. The van der Waals surface area contributed by atoms with Crippen molar-refractivity contribution < 1.29 is 4.79 Å². The third kappa shape index (κ3) is 3.27. The first kappa shape index (κ1) is 17.9. The molecule has 134 valence electrons. The van der Waals surface area contributed by atoms with Gasteiger partial charge in [0.15, 0.2) is 0 Å². The summed E-state index contributed by atoms with van der Waals surface area (Å²) in [5.41, 5.74) is 12.7. The largest absolute Gasteiger partial charge is 0.366 e. The zero-order valence-electron chi connectivity index (χ0n) is 15.6. The van der Waals surface area contributed by atoms with Crippen molar-refractivity contribution >= 4 is 5.91 Å². The van der Waals surface area contributed by atoms with Crippen LogP contribution in [0, 0.1) is 13.8 Å². The van der Waals surface area contributed by atoms with E-state index in [4.69, 9.17) is 5.73 Å². The van der Waals surface area contributed by atoms with Gasteiger partial charge in [-0.1, -0.05) is 43.7 Å². The van der Waals surface area contributed by atoms with Gasteiger partial charge in [0, 0.05) is 23.1 Å². The summed E-state index contributed by atoms with van der Waals surface area (Å²) in [5, 5.41) is 0. The Morgan fingerprint density at radius 2 is 1.85 bits per heavy atom. The zero-order valence-corrected chi connectivity index (χ0v) is 15.6. The number of carbonyl (C=O) groups excluding carboxylic acids is 1. The molecule has 1 amide bonds. The summed E-state index contributed by atoms with van der Waals surface area (Å²) in [6, 6.07) is 14.1.